The van der Waals surface area contributed by atoms with Crippen molar-refractivity contribution < 1.29 is 9.18 Å². The summed E-state index contributed by atoms with van der Waals surface area (Å²) in [6.07, 6.45) is 3.32. The van der Waals surface area contributed by atoms with E-state index in [4.69, 9.17) is 0 Å². The van der Waals surface area contributed by atoms with Gasteiger partial charge in [-0.05, 0) is 35.9 Å². The molecular weight excluding hydrogens is 411 g/mol. The van der Waals surface area contributed by atoms with E-state index in [-0.39, 0.29) is 11.4 Å². The highest BCUT2D eigenvalue weighted by Gasteiger charge is 2.19. The molecule has 1 amide bonds. The number of anilines is 1. The van der Waals surface area contributed by atoms with Gasteiger partial charge in [0.1, 0.15) is 11.2 Å². The number of aromatic nitrogens is 3. The summed E-state index contributed by atoms with van der Waals surface area (Å²) in [5, 5.41) is 2.57. The topological polar surface area (TPSA) is 85.7 Å². The molecule has 3 aromatic heterocycles. The summed E-state index contributed by atoms with van der Waals surface area (Å²) in [6, 6.07) is 10.9. The van der Waals surface area contributed by atoms with Crippen molar-refractivity contribution >= 4 is 28.1 Å². The van der Waals surface area contributed by atoms with Crippen LogP contribution in [-0.2, 0) is 6.54 Å². The largest absolute Gasteiger partial charge is 0.368 e. The Morgan fingerprint density at radius 3 is 2.69 bits per heavy atom. The number of nitrogens with zero attached hydrogens (tertiary/aromatic N) is 4. The quantitative estimate of drug-likeness (QED) is 0.513. The van der Waals surface area contributed by atoms with E-state index < -0.39 is 11.4 Å². The van der Waals surface area contributed by atoms with E-state index in [0.717, 1.165) is 49.5 Å². The second kappa shape index (κ2) is 8.08. The summed E-state index contributed by atoms with van der Waals surface area (Å²) < 4.78 is 15.5. The first-order valence-corrected chi connectivity index (χ1v) is 10.5. The average molecular weight is 434 g/mol. The second-order valence-electron chi connectivity index (χ2n) is 7.93. The zero-order valence-electron chi connectivity index (χ0n) is 17.6. The number of pyridine rings is 1. The molecule has 32 heavy (non-hydrogen) atoms. The van der Waals surface area contributed by atoms with Crippen LogP contribution in [0.3, 0.4) is 0 Å². The molecule has 9 heteroatoms. The van der Waals surface area contributed by atoms with Gasteiger partial charge in [-0.25, -0.2) is 9.37 Å². The summed E-state index contributed by atoms with van der Waals surface area (Å²) in [4.78, 5) is 35.6. The molecule has 0 unspecified atom stereocenters. The minimum atomic E-state index is -0.520. The molecule has 0 bridgehead atoms. The van der Waals surface area contributed by atoms with Crippen molar-refractivity contribution in [2.45, 2.75) is 6.54 Å². The smallest absolute Gasteiger partial charge is 0.275 e. The normalized spacial score (nSPS) is 14.9. The van der Waals surface area contributed by atoms with E-state index >= 15 is 0 Å². The third-order valence-corrected chi connectivity index (χ3v) is 5.97. The molecule has 4 heterocycles. The van der Waals surface area contributed by atoms with Gasteiger partial charge in [-0.15, -0.1) is 0 Å². The molecule has 1 aromatic carbocycles. The van der Waals surface area contributed by atoms with Gasteiger partial charge in [-0.3, -0.25) is 14.5 Å². The number of halogens is 1. The van der Waals surface area contributed by atoms with E-state index in [1.54, 1.807) is 29.9 Å². The van der Waals surface area contributed by atoms with Gasteiger partial charge in [0.25, 0.3) is 11.5 Å². The van der Waals surface area contributed by atoms with Crippen molar-refractivity contribution in [2.24, 2.45) is 0 Å². The van der Waals surface area contributed by atoms with Gasteiger partial charge in [0, 0.05) is 46.0 Å². The van der Waals surface area contributed by atoms with Crippen LogP contribution in [0.5, 0.6) is 0 Å². The first-order chi connectivity index (χ1) is 15.5. The number of piperazine rings is 1. The zero-order valence-corrected chi connectivity index (χ0v) is 17.6. The number of rotatable bonds is 4. The van der Waals surface area contributed by atoms with Gasteiger partial charge in [0.2, 0.25) is 0 Å². The summed E-state index contributed by atoms with van der Waals surface area (Å²) in [7, 11) is 1.59. The fraction of sp³-hybridized carbons (Fsp3) is 0.261. The van der Waals surface area contributed by atoms with Gasteiger partial charge in [-0.1, -0.05) is 6.07 Å². The van der Waals surface area contributed by atoms with Crippen LogP contribution in [0, 0.1) is 5.82 Å². The molecule has 1 saturated heterocycles. The SMILES string of the molecule is CNC(=O)c1ccc(N2CCN(Cc3ccc4c(c3)[nH]c(=O)c3c(F)ccn34)CC2)cn1. The lowest BCUT2D eigenvalue weighted by atomic mass is 10.1. The maximum Gasteiger partial charge on any atom is 0.275 e. The Morgan fingerprint density at radius 2 is 1.97 bits per heavy atom. The molecule has 1 aliphatic heterocycles. The van der Waals surface area contributed by atoms with Crippen LogP contribution in [-0.4, -0.2) is 58.4 Å². The summed E-state index contributed by atoms with van der Waals surface area (Å²) in [5.41, 5.74) is 3.57. The van der Waals surface area contributed by atoms with Crippen LogP contribution < -0.4 is 15.8 Å². The predicted molar refractivity (Wildman–Crippen MR) is 121 cm³/mol. The first kappa shape index (κ1) is 20.2. The summed E-state index contributed by atoms with van der Waals surface area (Å²) in [5.74, 6) is -0.714. The standard InChI is InChI=1S/C23H23FN6O2/c1-25-22(31)18-4-3-16(13-26-18)29-10-8-28(9-11-29)14-15-2-5-20-19(12-15)27-23(32)21-17(24)6-7-30(20)21/h2-7,12-13H,8-11,14H2,1H3,(H,25,31)(H,27,32). The molecule has 0 radical (unpaired) electrons. The Morgan fingerprint density at radius 1 is 1.16 bits per heavy atom. The molecule has 8 nitrogen and oxygen atoms in total. The lowest BCUT2D eigenvalue weighted by Crippen LogP contribution is -2.46. The van der Waals surface area contributed by atoms with Crippen molar-refractivity contribution in [3.63, 3.8) is 0 Å². The highest BCUT2D eigenvalue weighted by Crippen LogP contribution is 2.20. The highest BCUT2D eigenvalue weighted by molar-refractivity contribution is 5.92. The molecule has 0 spiro atoms. The van der Waals surface area contributed by atoms with E-state index in [1.807, 2.05) is 24.3 Å². The van der Waals surface area contributed by atoms with Crippen molar-refractivity contribution in [1.82, 2.24) is 24.6 Å². The number of nitrogens with one attached hydrogen (secondary N) is 2. The van der Waals surface area contributed by atoms with Gasteiger partial charge >= 0.3 is 0 Å². The van der Waals surface area contributed by atoms with Crippen molar-refractivity contribution in [1.29, 1.82) is 0 Å². The van der Waals surface area contributed by atoms with Gasteiger partial charge in [0.15, 0.2) is 5.82 Å². The number of benzene rings is 1. The highest BCUT2D eigenvalue weighted by atomic mass is 19.1. The van der Waals surface area contributed by atoms with Gasteiger partial charge < -0.3 is 19.6 Å². The number of hydrogen-bond acceptors (Lipinski definition) is 5. The molecule has 1 fully saturated rings. The molecule has 2 N–H and O–H groups in total. The molecular formula is C23H23FN6O2. The van der Waals surface area contributed by atoms with Crippen LogP contribution in [0.1, 0.15) is 16.1 Å². The number of carbonyl (C=O) groups excluding carboxylic acids is 1. The molecule has 0 atom stereocenters. The number of hydrogen-bond donors (Lipinski definition) is 2. The zero-order chi connectivity index (χ0) is 22.2. The lowest BCUT2D eigenvalue weighted by molar-refractivity contribution is 0.0958. The number of H-pyrrole nitrogens is 1. The third-order valence-electron chi connectivity index (χ3n) is 5.97. The van der Waals surface area contributed by atoms with Crippen molar-refractivity contribution in [2.75, 3.05) is 38.1 Å². The first-order valence-electron chi connectivity index (χ1n) is 10.5. The van der Waals surface area contributed by atoms with Crippen molar-refractivity contribution in [3.8, 4) is 0 Å². The fourth-order valence-corrected chi connectivity index (χ4v) is 4.26. The average Bonchev–Trinajstić information content (AvgIpc) is 3.21. The fourth-order valence-electron chi connectivity index (χ4n) is 4.26. The van der Waals surface area contributed by atoms with Crippen LogP contribution >= 0.6 is 0 Å². The lowest BCUT2D eigenvalue weighted by Gasteiger charge is -2.36. The second-order valence-corrected chi connectivity index (χ2v) is 7.93. The number of fused-ring (bicyclic) bond motifs is 3. The maximum atomic E-state index is 13.9. The Labute approximate surface area is 183 Å². The molecule has 0 saturated carbocycles. The molecule has 0 aliphatic carbocycles. The molecule has 4 aromatic rings. The van der Waals surface area contributed by atoms with Crippen LogP contribution in [0.25, 0.3) is 16.6 Å². The summed E-state index contributed by atoms with van der Waals surface area (Å²) in [6.45, 7) is 4.24. The molecule has 5 rings (SSSR count). The van der Waals surface area contributed by atoms with Crippen LogP contribution in [0.4, 0.5) is 10.1 Å². The third kappa shape index (κ3) is 3.60. The predicted octanol–water partition coefficient (Wildman–Crippen LogP) is 2.00. The van der Waals surface area contributed by atoms with Crippen LogP contribution in [0.2, 0.25) is 0 Å². The number of carbonyl (C=O) groups is 1. The van der Waals surface area contributed by atoms with E-state index in [2.05, 4.69) is 25.1 Å². The van der Waals surface area contributed by atoms with Crippen LogP contribution in [0.15, 0.2) is 53.6 Å². The number of aromatic amines is 1. The Kier molecular flexibility index (Phi) is 5.10. The summed E-state index contributed by atoms with van der Waals surface area (Å²) >= 11 is 0. The monoisotopic (exact) mass is 434 g/mol. The minimum absolute atomic E-state index is 0.0409. The molecule has 164 valence electrons. The van der Waals surface area contributed by atoms with Gasteiger partial charge in [0.05, 0.1) is 22.9 Å². The van der Waals surface area contributed by atoms with E-state index in [1.165, 1.54) is 6.07 Å². The van der Waals surface area contributed by atoms with Crippen molar-refractivity contribution in [3.05, 3.63) is 76.2 Å². The Hall–Kier alpha value is -3.72. The van der Waals surface area contributed by atoms with E-state index in [9.17, 15) is 14.0 Å². The van der Waals surface area contributed by atoms with E-state index in [0.29, 0.717) is 11.2 Å². The maximum absolute atomic E-state index is 13.9. The molecule has 1 aliphatic rings. The Bertz CT molecular complexity index is 1350. The van der Waals surface area contributed by atoms with Gasteiger partial charge in [-0.2, -0.15) is 0 Å². The number of amides is 1. The Balaban J connectivity index is 1.27. The minimum Gasteiger partial charge on any atom is -0.368 e.